The third-order valence-electron chi connectivity index (χ3n) is 6.58. The molecule has 1 amide bonds. The molecule has 2 heterocycles. The Kier molecular flexibility index (Phi) is 6.51. The Labute approximate surface area is 194 Å². The number of nitrogens with zero attached hydrogens (tertiary/aromatic N) is 1. The van der Waals surface area contributed by atoms with Crippen LogP contribution in [-0.4, -0.2) is 49.8 Å². The Bertz CT molecular complexity index is 1120. The molecule has 2 aromatic carbocycles. The zero-order valence-electron chi connectivity index (χ0n) is 19.2. The third-order valence-corrected chi connectivity index (χ3v) is 8.75. The molecule has 2 aliphatic rings. The van der Waals surface area contributed by atoms with Crippen LogP contribution < -0.4 is 4.74 Å². The van der Waals surface area contributed by atoms with Gasteiger partial charge in [-0.3, -0.25) is 4.79 Å². The normalized spacial score (nSPS) is 19.9. The summed E-state index contributed by atoms with van der Waals surface area (Å²) in [5.74, 6) is 0.200. The van der Waals surface area contributed by atoms with Crippen LogP contribution in [0.1, 0.15) is 62.1 Å². The van der Waals surface area contributed by atoms with Gasteiger partial charge < -0.3 is 14.4 Å². The van der Waals surface area contributed by atoms with Crippen molar-refractivity contribution in [2.24, 2.45) is 0 Å². The van der Waals surface area contributed by atoms with Gasteiger partial charge in [-0.25, -0.2) is 12.8 Å². The van der Waals surface area contributed by atoms with Crippen LogP contribution in [0.4, 0.5) is 4.39 Å². The molecule has 8 heteroatoms. The van der Waals surface area contributed by atoms with Crippen LogP contribution in [0.5, 0.6) is 5.75 Å². The topological polar surface area (TPSA) is 72.9 Å². The van der Waals surface area contributed by atoms with Gasteiger partial charge in [0.1, 0.15) is 17.2 Å². The first-order chi connectivity index (χ1) is 15.6. The second-order valence-electron chi connectivity index (χ2n) is 9.03. The Balaban J connectivity index is 1.46. The lowest BCUT2D eigenvalue weighted by atomic mass is 9.81. The molecule has 1 atom stereocenters. The molecule has 178 valence electrons. The fraction of sp³-hybridized carbons (Fsp3) is 0.480. The van der Waals surface area contributed by atoms with E-state index in [0.717, 1.165) is 5.56 Å². The number of ether oxygens (including phenoxy) is 2. The van der Waals surface area contributed by atoms with E-state index >= 15 is 0 Å². The number of carbonyl (C=O) groups is 1. The summed E-state index contributed by atoms with van der Waals surface area (Å²) in [6.07, 6.45) is 1.64. The Hall–Kier alpha value is -2.45. The molecule has 1 saturated heterocycles. The smallest absolute Gasteiger partial charge is 0.253 e. The summed E-state index contributed by atoms with van der Waals surface area (Å²) in [4.78, 5) is 15.0. The van der Waals surface area contributed by atoms with E-state index in [0.29, 0.717) is 50.3 Å². The molecular weight excluding hydrogens is 445 g/mol. The van der Waals surface area contributed by atoms with E-state index in [2.05, 4.69) is 0 Å². The number of rotatable bonds is 5. The van der Waals surface area contributed by atoms with E-state index in [9.17, 15) is 17.6 Å². The summed E-state index contributed by atoms with van der Waals surface area (Å²) in [6.45, 7) is 6.73. The van der Waals surface area contributed by atoms with Gasteiger partial charge in [0.25, 0.3) is 5.91 Å². The number of sulfone groups is 1. The molecule has 1 fully saturated rings. The number of fused-ring (bicyclic) bond motifs is 1. The van der Waals surface area contributed by atoms with Crippen LogP contribution in [0.15, 0.2) is 47.4 Å². The van der Waals surface area contributed by atoms with Crippen molar-refractivity contribution in [1.29, 1.82) is 0 Å². The molecule has 4 rings (SSSR count). The quantitative estimate of drug-likeness (QED) is 0.635. The SMILES string of the molecule is CCO[C@@H]1CC2(CCN(C(=O)c3ccc(S(=O)(=O)C(C)C)cc3)CC2)Oc2ccc(F)cc21. The number of carbonyl (C=O) groups excluding carboxylic acids is 1. The van der Waals surface area contributed by atoms with E-state index in [4.69, 9.17) is 9.47 Å². The predicted molar refractivity (Wildman–Crippen MR) is 123 cm³/mol. The van der Waals surface area contributed by atoms with Gasteiger partial charge >= 0.3 is 0 Å². The fourth-order valence-corrected chi connectivity index (χ4v) is 5.66. The van der Waals surface area contributed by atoms with Crippen LogP contribution in [0.2, 0.25) is 0 Å². The van der Waals surface area contributed by atoms with Gasteiger partial charge in [0, 0.05) is 50.1 Å². The van der Waals surface area contributed by atoms with E-state index < -0.39 is 20.7 Å². The highest BCUT2D eigenvalue weighted by Crippen LogP contribution is 2.46. The summed E-state index contributed by atoms with van der Waals surface area (Å²) >= 11 is 0. The average molecular weight is 476 g/mol. The van der Waals surface area contributed by atoms with Crippen LogP contribution in [0.25, 0.3) is 0 Å². The van der Waals surface area contributed by atoms with Crippen LogP contribution >= 0.6 is 0 Å². The van der Waals surface area contributed by atoms with Gasteiger partial charge in [-0.2, -0.15) is 0 Å². The Morgan fingerprint density at radius 2 is 1.85 bits per heavy atom. The molecule has 0 saturated carbocycles. The van der Waals surface area contributed by atoms with E-state index in [1.165, 1.54) is 24.3 Å². The summed E-state index contributed by atoms with van der Waals surface area (Å²) < 4.78 is 50.7. The molecule has 33 heavy (non-hydrogen) atoms. The monoisotopic (exact) mass is 475 g/mol. The van der Waals surface area contributed by atoms with E-state index in [1.807, 2.05) is 6.92 Å². The highest BCUT2D eigenvalue weighted by molar-refractivity contribution is 7.92. The summed E-state index contributed by atoms with van der Waals surface area (Å²) in [7, 11) is -3.38. The first-order valence-electron chi connectivity index (χ1n) is 11.4. The fourth-order valence-electron chi connectivity index (χ4n) is 4.60. The maximum atomic E-state index is 13.8. The van der Waals surface area contributed by atoms with Gasteiger partial charge in [-0.15, -0.1) is 0 Å². The average Bonchev–Trinajstić information content (AvgIpc) is 2.80. The van der Waals surface area contributed by atoms with Gasteiger partial charge in [-0.1, -0.05) is 0 Å². The minimum atomic E-state index is -3.38. The van der Waals surface area contributed by atoms with Crippen molar-refractivity contribution in [1.82, 2.24) is 4.90 Å². The summed E-state index contributed by atoms with van der Waals surface area (Å²) in [5.41, 5.74) is 0.736. The molecule has 6 nitrogen and oxygen atoms in total. The van der Waals surface area contributed by atoms with Gasteiger partial charge in [-0.05, 0) is 63.2 Å². The molecule has 0 aromatic heterocycles. The molecule has 0 N–H and O–H groups in total. The Morgan fingerprint density at radius 3 is 2.45 bits per heavy atom. The van der Waals surface area contributed by atoms with Crippen molar-refractivity contribution in [3.63, 3.8) is 0 Å². The van der Waals surface area contributed by atoms with Crippen molar-refractivity contribution in [3.8, 4) is 5.75 Å². The number of halogens is 1. The van der Waals surface area contributed by atoms with Gasteiger partial charge in [0.2, 0.25) is 0 Å². The molecule has 2 aliphatic heterocycles. The molecule has 1 spiro atoms. The van der Waals surface area contributed by atoms with Crippen molar-refractivity contribution in [3.05, 3.63) is 59.4 Å². The second kappa shape index (κ2) is 9.06. The van der Waals surface area contributed by atoms with Crippen LogP contribution in [0, 0.1) is 5.82 Å². The number of piperidine rings is 1. The van der Waals surface area contributed by atoms with Crippen molar-refractivity contribution < 1.29 is 27.1 Å². The lowest BCUT2D eigenvalue weighted by Crippen LogP contribution is -2.52. The largest absolute Gasteiger partial charge is 0.487 e. The summed E-state index contributed by atoms with van der Waals surface area (Å²) in [6, 6.07) is 10.7. The molecule has 0 aliphatic carbocycles. The number of benzene rings is 2. The first-order valence-corrected chi connectivity index (χ1v) is 12.9. The number of hydrogen-bond donors (Lipinski definition) is 0. The van der Waals surface area contributed by atoms with Crippen molar-refractivity contribution in [2.45, 2.75) is 61.9 Å². The van der Waals surface area contributed by atoms with Crippen molar-refractivity contribution in [2.75, 3.05) is 19.7 Å². The third kappa shape index (κ3) is 4.64. The highest BCUT2D eigenvalue weighted by atomic mass is 32.2. The highest BCUT2D eigenvalue weighted by Gasteiger charge is 2.44. The first kappa shape index (κ1) is 23.7. The number of amides is 1. The zero-order chi connectivity index (χ0) is 23.8. The minimum Gasteiger partial charge on any atom is -0.487 e. The lowest BCUT2D eigenvalue weighted by Gasteiger charge is -2.46. The van der Waals surface area contributed by atoms with Gasteiger partial charge in [0.15, 0.2) is 9.84 Å². The number of hydrogen-bond acceptors (Lipinski definition) is 5. The minimum absolute atomic E-state index is 0.127. The maximum absolute atomic E-state index is 13.8. The lowest BCUT2D eigenvalue weighted by molar-refractivity contribution is -0.0701. The standard InChI is InChI=1S/C25H30FNO5S/c1-4-31-23-16-25(32-22-10-7-19(26)15-21(22)23)11-13-27(14-12-25)24(28)18-5-8-20(9-6-18)33(29,30)17(2)3/h5-10,15,17,23H,4,11-14,16H2,1-3H3/t23-/m1/s1. The van der Waals surface area contributed by atoms with Gasteiger partial charge in [0.05, 0.1) is 16.2 Å². The summed E-state index contributed by atoms with van der Waals surface area (Å²) in [5, 5.41) is -0.519. The van der Waals surface area contributed by atoms with Crippen molar-refractivity contribution >= 4 is 15.7 Å². The molecule has 2 aromatic rings. The maximum Gasteiger partial charge on any atom is 0.253 e. The van der Waals surface area contributed by atoms with Crippen LogP contribution in [-0.2, 0) is 14.6 Å². The molecular formula is C25H30FNO5S. The molecule has 0 bridgehead atoms. The predicted octanol–water partition coefficient (Wildman–Crippen LogP) is 4.54. The molecule has 0 unspecified atom stereocenters. The number of likely N-dealkylation sites (tertiary alicyclic amines) is 1. The van der Waals surface area contributed by atoms with E-state index in [1.54, 1.807) is 36.9 Å². The zero-order valence-corrected chi connectivity index (χ0v) is 20.0. The van der Waals surface area contributed by atoms with E-state index in [-0.39, 0.29) is 22.7 Å². The second-order valence-corrected chi connectivity index (χ2v) is 11.5. The van der Waals surface area contributed by atoms with Crippen LogP contribution in [0.3, 0.4) is 0 Å². The Morgan fingerprint density at radius 1 is 1.18 bits per heavy atom. The molecule has 0 radical (unpaired) electrons.